The summed E-state index contributed by atoms with van der Waals surface area (Å²) in [5.74, 6) is 2.13. The highest BCUT2D eigenvalue weighted by Gasteiger charge is 2.23. The summed E-state index contributed by atoms with van der Waals surface area (Å²) in [6, 6.07) is 11.8. The van der Waals surface area contributed by atoms with Crippen molar-refractivity contribution in [3.63, 3.8) is 0 Å². The zero-order chi connectivity index (χ0) is 21.1. The highest BCUT2D eigenvalue weighted by molar-refractivity contribution is 7.99. The van der Waals surface area contributed by atoms with Crippen LogP contribution in [-0.2, 0) is 17.8 Å². The molecular weight excluding hydrogens is 402 g/mol. The quantitative estimate of drug-likeness (QED) is 0.557. The number of aryl methyl sites for hydroxylation is 1. The average molecular weight is 426 g/mol. The normalized spacial score (nSPS) is 13.1. The fourth-order valence-corrected chi connectivity index (χ4v) is 4.06. The molecular formula is C22H23N3O4S. The number of ether oxygens (including phenoxy) is 2. The molecule has 1 amide bonds. The van der Waals surface area contributed by atoms with Gasteiger partial charge >= 0.3 is 0 Å². The summed E-state index contributed by atoms with van der Waals surface area (Å²) >= 11 is 1.26. The van der Waals surface area contributed by atoms with Crippen molar-refractivity contribution in [3.8, 4) is 23.0 Å². The van der Waals surface area contributed by atoms with E-state index in [-0.39, 0.29) is 11.7 Å². The second-order valence-electron chi connectivity index (χ2n) is 7.07. The van der Waals surface area contributed by atoms with Gasteiger partial charge in [0.1, 0.15) is 0 Å². The van der Waals surface area contributed by atoms with Crippen molar-refractivity contribution < 1.29 is 18.7 Å². The van der Waals surface area contributed by atoms with Crippen molar-refractivity contribution in [1.29, 1.82) is 0 Å². The van der Waals surface area contributed by atoms with E-state index in [0.29, 0.717) is 35.7 Å². The lowest BCUT2D eigenvalue weighted by atomic mass is 9.99. The third-order valence-electron chi connectivity index (χ3n) is 5.09. The van der Waals surface area contributed by atoms with Crippen LogP contribution in [0.5, 0.6) is 11.5 Å². The summed E-state index contributed by atoms with van der Waals surface area (Å²) in [4.78, 5) is 14.6. The predicted molar refractivity (Wildman–Crippen MR) is 114 cm³/mol. The van der Waals surface area contributed by atoms with Gasteiger partial charge in [0, 0.05) is 18.7 Å². The Balaban J connectivity index is 1.38. The van der Waals surface area contributed by atoms with Gasteiger partial charge in [-0.05, 0) is 48.7 Å². The van der Waals surface area contributed by atoms with Crippen molar-refractivity contribution in [1.82, 2.24) is 15.1 Å². The summed E-state index contributed by atoms with van der Waals surface area (Å²) in [5, 5.41) is 8.53. The van der Waals surface area contributed by atoms with E-state index < -0.39 is 0 Å². The van der Waals surface area contributed by atoms with Gasteiger partial charge in [0.05, 0.1) is 20.0 Å². The zero-order valence-corrected chi connectivity index (χ0v) is 18.0. The van der Waals surface area contributed by atoms with Gasteiger partial charge in [-0.2, -0.15) is 0 Å². The maximum Gasteiger partial charge on any atom is 0.277 e. The van der Waals surface area contributed by atoms with Crippen LogP contribution in [0.2, 0.25) is 0 Å². The van der Waals surface area contributed by atoms with E-state index in [1.165, 1.54) is 17.3 Å². The highest BCUT2D eigenvalue weighted by atomic mass is 32.2. The lowest BCUT2D eigenvalue weighted by Gasteiger charge is -2.29. The molecule has 0 atom stereocenters. The number of benzene rings is 2. The van der Waals surface area contributed by atoms with Gasteiger partial charge in [-0.3, -0.25) is 4.79 Å². The highest BCUT2D eigenvalue weighted by Crippen LogP contribution is 2.33. The van der Waals surface area contributed by atoms with Crippen LogP contribution in [0.25, 0.3) is 11.5 Å². The summed E-state index contributed by atoms with van der Waals surface area (Å²) in [7, 11) is 3.24. The van der Waals surface area contributed by atoms with Gasteiger partial charge in [0.2, 0.25) is 11.8 Å². The molecule has 2 heterocycles. The third-order valence-corrected chi connectivity index (χ3v) is 5.90. The summed E-state index contributed by atoms with van der Waals surface area (Å²) in [6.07, 6.45) is 0.782. The molecule has 2 aromatic carbocycles. The first-order valence-corrected chi connectivity index (χ1v) is 10.6. The number of fused-ring (bicyclic) bond motifs is 1. The Morgan fingerprint density at radius 1 is 1.10 bits per heavy atom. The van der Waals surface area contributed by atoms with Crippen LogP contribution in [-0.4, -0.2) is 47.5 Å². The molecule has 0 saturated carbocycles. The number of hydrogen-bond donors (Lipinski definition) is 0. The molecule has 0 fully saturated rings. The minimum absolute atomic E-state index is 0.0375. The maximum atomic E-state index is 12.7. The molecule has 30 heavy (non-hydrogen) atoms. The lowest BCUT2D eigenvalue weighted by molar-refractivity contribution is -0.129. The molecule has 1 aliphatic heterocycles. The number of rotatable bonds is 6. The molecule has 0 aliphatic carbocycles. The first kappa shape index (κ1) is 20.3. The topological polar surface area (TPSA) is 77.7 Å². The summed E-state index contributed by atoms with van der Waals surface area (Å²) < 4.78 is 16.5. The van der Waals surface area contributed by atoms with Crippen molar-refractivity contribution >= 4 is 17.7 Å². The second kappa shape index (κ2) is 8.79. The van der Waals surface area contributed by atoms with E-state index in [0.717, 1.165) is 23.1 Å². The fourth-order valence-electron chi connectivity index (χ4n) is 3.39. The summed E-state index contributed by atoms with van der Waals surface area (Å²) in [5.41, 5.74) is 4.29. The molecule has 0 unspecified atom stereocenters. The number of carbonyl (C=O) groups excluding carboxylic acids is 1. The molecule has 0 saturated heterocycles. The monoisotopic (exact) mass is 425 g/mol. The van der Waals surface area contributed by atoms with E-state index in [2.05, 4.69) is 10.2 Å². The molecule has 0 N–H and O–H groups in total. The third kappa shape index (κ3) is 4.28. The Kier molecular flexibility index (Phi) is 5.94. The van der Waals surface area contributed by atoms with Gasteiger partial charge in [-0.15, -0.1) is 10.2 Å². The van der Waals surface area contributed by atoms with Crippen molar-refractivity contribution in [2.24, 2.45) is 0 Å². The van der Waals surface area contributed by atoms with Crippen molar-refractivity contribution in [2.45, 2.75) is 25.1 Å². The molecule has 8 heteroatoms. The van der Waals surface area contributed by atoms with Gasteiger partial charge in [0.25, 0.3) is 5.22 Å². The van der Waals surface area contributed by atoms with Crippen LogP contribution >= 0.6 is 11.8 Å². The SMILES string of the molecule is COc1cc2c(cc1OC)CN(C(=O)CSc1nnc(-c3ccc(C)cc3)o1)CC2. The van der Waals surface area contributed by atoms with Crippen molar-refractivity contribution in [3.05, 3.63) is 53.1 Å². The van der Waals surface area contributed by atoms with Crippen LogP contribution in [0.15, 0.2) is 46.0 Å². The number of methoxy groups -OCH3 is 2. The van der Waals surface area contributed by atoms with Gasteiger partial charge < -0.3 is 18.8 Å². The summed E-state index contributed by atoms with van der Waals surface area (Å²) in [6.45, 7) is 3.24. The molecule has 1 aliphatic rings. The number of aromatic nitrogens is 2. The number of hydrogen-bond acceptors (Lipinski definition) is 7. The van der Waals surface area contributed by atoms with Gasteiger partial charge in [-0.1, -0.05) is 29.5 Å². The van der Waals surface area contributed by atoms with Gasteiger partial charge in [-0.25, -0.2) is 0 Å². The Morgan fingerprint density at radius 2 is 1.80 bits per heavy atom. The number of thioether (sulfide) groups is 1. The minimum atomic E-state index is 0.0375. The van der Waals surface area contributed by atoms with E-state index in [9.17, 15) is 4.79 Å². The van der Waals surface area contributed by atoms with E-state index >= 15 is 0 Å². The molecule has 0 bridgehead atoms. The predicted octanol–water partition coefficient (Wildman–Crippen LogP) is 3.74. The average Bonchev–Trinajstić information content (AvgIpc) is 3.25. The molecule has 1 aromatic heterocycles. The minimum Gasteiger partial charge on any atom is -0.493 e. The van der Waals surface area contributed by atoms with E-state index in [4.69, 9.17) is 13.9 Å². The second-order valence-corrected chi connectivity index (χ2v) is 8.00. The van der Waals surface area contributed by atoms with Crippen LogP contribution in [0.1, 0.15) is 16.7 Å². The zero-order valence-electron chi connectivity index (χ0n) is 17.2. The standard InChI is InChI=1S/C22H23N3O4S/c1-14-4-6-15(7-5-14)21-23-24-22(29-21)30-13-20(26)25-9-8-16-10-18(27-2)19(28-3)11-17(16)12-25/h4-7,10-11H,8-9,12-13H2,1-3H3. The molecule has 156 valence electrons. The van der Waals surface area contributed by atoms with Gasteiger partial charge in [0.15, 0.2) is 11.5 Å². The fraction of sp³-hybridized carbons (Fsp3) is 0.318. The van der Waals surface area contributed by atoms with Crippen molar-refractivity contribution in [2.75, 3.05) is 26.5 Å². The number of carbonyl (C=O) groups is 1. The Hall–Kier alpha value is -3.00. The first-order chi connectivity index (χ1) is 14.6. The largest absolute Gasteiger partial charge is 0.493 e. The van der Waals surface area contributed by atoms with Crippen LogP contribution < -0.4 is 9.47 Å². The maximum absolute atomic E-state index is 12.7. The molecule has 7 nitrogen and oxygen atoms in total. The Bertz CT molecular complexity index is 1050. The molecule has 3 aromatic rings. The van der Waals surface area contributed by atoms with Crippen LogP contribution in [0.4, 0.5) is 0 Å². The van der Waals surface area contributed by atoms with E-state index in [1.807, 2.05) is 48.2 Å². The first-order valence-electron chi connectivity index (χ1n) is 9.62. The Labute approximate surface area is 179 Å². The van der Waals surface area contributed by atoms with E-state index in [1.54, 1.807) is 14.2 Å². The van der Waals surface area contributed by atoms with Crippen LogP contribution in [0, 0.1) is 6.92 Å². The molecule has 0 spiro atoms. The Morgan fingerprint density at radius 3 is 2.50 bits per heavy atom. The number of amides is 1. The molecule has 0 radical (unpaired) electrons. The van der Waals surface area contributed by atoms with Crippen LogP contribution in [0.3, 0.4) is 0 Å². The number of nitrogens with zero attached hydrogens (tertiary/aromatic N) is 3. The smallest absolute Gasteiger partial charge is 0.277 e. The molecule has 4 rings (SSSR count). The lowest BCUT2D eigenvalue weighted by Crippen LogP contribution is -2.37.